The molecule has 0 heterocycles. The van der Waals surface area contributed by atoms with Crippen molar-refractivity contribution >= 4 is 5.97 Å². The first kappa shape index (κ1) is 8.77. The summed E-state index contributed by atoms with van der Waals surface area (Å²) in [5, 5.41) is 18.4. The van der Waals surface area contributed by atoms with Crippen LogP contribution in [-0.4, -0.2) is 16.2 Å². The van der Waals surface area contributed by atoms with E-state index in [2.05, 4.69) is 0 Å². The van der Waals surface area contributed by atoms with Crippen molar-refractivity contribution < 1.29 is 15.0 Å². The summed E-state index contributed by atoms with van der Waals surface area (Å²) in [4.78, 5) is 11.0. The number of benzene rings is 1. The van der Waals surface area contributed by atoms with Crippen LogP contribution in [0.1, 0.15) is 24.0 Å². The molecule has 2 atom stereocenters. The van der Waals surface area contributed by atoms with E-state index in [1.165, 1.54) is 5.56 Å². The summed E-state index contributed by atoms with van der Waals surface area (Å²) in [6, 6.07) is 5.33. The van der Waals surface area contributed by atoms with E-state index in [-0.39, 0.29) is 17.1 Å². The summed E-state index contributed by atoms with van der Waals surface area (Å²) < 4.78 is 0. The lowest BCUT2D eigenvalue weighted by Gasteiger charge is -2.09. The summed E-state index contributed by atoms with van der Waals surface area (Å²) in [5.41, 5.74) is 2.12. The summed E-state index contributed by atoms with van der Waals surface area (Å²) in [6.07, 6.45) is 2.60. The van der Waals surface area contributed by atoms with E-state index >= 15 is 0 Å². The Labute approximate surface area is 87.4 Å². The fourth-order valence-electron chi connectivity index (χ4n) is 2.94. The number of fused-ring (bicyclic) bond motifs is 2. The molecule has 1 saturated carbocycles. The largest absolute Gasteiger partial charge is 0.508 e. The van der Waals surface area contributed by atoms with Crippen LogP contribution in [0.15, 0.2) is 18.2 Å². The highest BCUT2D eigenvalue weighted by molar-refractivity contribution is 5.78. The molecule has 1 aromatic carbocycles. The molecule has 0 radical (unpaired) electrons. The van der Waals surface area contributed by atoms with Crippen molar-refractivity contribution in [3.63, 3.8) is 0 Å². The van der Waals surface area contributed by atoms with Gasteiger partial charge in [0.2, 0.25) is 0 Å². The molecule has 0 amide bonds. The zero-order chi connectivity index (χ0) is 10.6. The van der Waals surface area contributed by atoms with Gasteiger partial charge >= 0.3 is 5.97 Å². The number of aryl methyl sites for hydroxylation is 1. The Morgan fingerprint density at radius 2 is 2.27 bits per heavy atom. The van der Waals surface area contributed by atoms with Crippen LogP contribution in [0.5, 0.6) is 5.75 Å². The number of hydrogen-bond donors (Lipinski definition) is 2. The molecule has 15 heavy (non-hydrogen) atoms. The summed E-state index contributed by atoms with van der Waals surface area (Å²) >= 11 is 0. The normalized spacial score (nSPS) is 31.6. The molecule has 1 unspecified atom stereocenters. The van der Waals surface area contributed by atoms with E-state index in [0.717, 1.165) is 24.8 Å². The number of carboxylic acids is 1. The number of phenolic OH excluding ortho intramolecular Hbond substituents is 1. The predicted molar refractivity (Wildman–Crippen MR) is 53.8 cm³/mol. The van der Waals surface area contributed by atoms with Gasteiger partial charge in [-0.05, 0) is 42.5 Å². The van der Waals surface area contributed by atoms with Crippen LogP contribution in [0.3, 0.4) is 0 Å². The zero-order valence-corrected chi connectivity index (χ0v) is 8.23. The fourth-order valence-corrected chi connectivity index (χ4v) is 2.94. The van der Waals surface area contributed by atoms with Crippen LogP contribution < -0.4 is 0 Å². The van der Waals surface area contributed by atoms with Gasteiger partial charge < -0.3 is 10.2 Å². The molecule has 0 aromatic heterocycles. The molecular weight excluding hydrogens is 192 g/mol. The Kier molecular flexibility index (Phi) is 1.48. The lowest BCUT2D eigenvalue weighted by Crippen LogP contribution is -2.11. The van der Waals surface area contributed by atoms with Gasteiger partial charge in [-0.3, -0.25) is 4.79 Å². The van der Waals surface area contributed by atoms with Crippen LogP contribution in [0, 0.1) is 5.92 Å². The van der Waals surface area contributed by atoms with Gasteiger partial charge in [-0.15, -0.1) is 0 Å². The summed E-state index contributed by atoms with van der Waals surface area (Å²) in [5.74, 6) is -0.696. The van der Waals surface area contributed by atoms with E-state index in [1.54, 1.807) is 12.1 Å². The monoisotopic (exact) mass is 204 g/mol. The zero-order valence-electron chi connectivity index (χ0n) is 8.23. The van der Waals surface area contributed by atoms with Gasteiger partial charge in [0.15, 0.2) is 0 Å². The molecule has 78 valence electrons. The molecular formula is C12H12O3. The average Bonchev–Trinajstić information content (AvgIpc) is 2.81. The fraction of sp³-hybridized carbons (Fsp3) is 0.417. The lowest BCUT2D eigenvalue weighted by molar-refractivity contribution is -0.139. The standard InChI is InChI=1S/C12H12O3/c13-8-2-1-7-3-4-12(9(7)5-8)6-10(12)11(14)15/h1-2,5,10,13H,3-4,6H2,(H,14,15)/t10?,12-/m0/s1. The third kappa shape index (κ3) is 1.03. The smallest absolute Gasteiger partial charge is 0.307 e. The van der Waals surface area contributed by atoms with E-state index in [4.69, 9.17) is 5.11 Å². The highest BCUT2D eigenvalue weighted by Gasteiger charge is 2.61. The first-order chi connectivity index (χ1) is 7.13. The van der Waals surface area contributed by atoms with Crippen molar-refractivity contribution in [1.29, 1.82) is 0 Å². The third-order valence-electron chi connectivity index (χ3n) is 3.84. The Morgan fingerprint density at radius 3 is 2.93 bits per heavy atom. The van der Waals surface area contributed by atoms with Crippen LogP contribution in [-0.2, 0) is 16.6 Å². The minimum atomic E-state index is -0.703. The summed E-state index contributed by atoms with van der Waals surface area (Å²) in [7, 11) is 0. The molecule has 3 heteroatoms. The molecule has 0 aliphatic heterocycles. The first-order valence-electron chi connectivity index (χ1n) is 5.19. The molecule has 0 bridgehead atoms. The van der Waals surface area contributed by atoms with Crippen molar-refractivity contribution in [1.82, 2.24) is 0 Å². The number of carbonyl (C=O) groups is 1. The maximum absolute atomic E-state index is 11.0. The van der Waals surface area contributed by atoms with Gasteiger partial charge in [-0.1, -0.05) is 6.07 Å². The third-order valence-corrected chi connectivity index (χ3v) is 3.84. The van der Waals surface area contributed by atoms with E-state index in [9.17, 15) is 9.90 Å². The van der Waals surface area contributed by atoms with E-state index in [1.807, 2.05) is 6.07 Å². The molecule has 3 nitrogen and oxygen atoms in total. The predicted octanol–water partition coefficient (Wildman–Crippen LogP) is 1.68. The minimum absolute atomic E-state index is 0.153. The molecule has 1 spiro atoms. The number of rotatable bonds is 1. The molecule has 2 aliphatic rings. The molecule has 3 rings (SSSR count). The SMILES string of the molecule is O=C(O)C1C[C@]12CCc1ccc(O)cc12. The molecule has 1 fully saturated rings. The van der Waals surface area contributed by atoms with Gasteiger partial charge in [-0.25, -0.2) is 0 Å². The van der Waals surface area contributed by atoms with Crippen LogP contribution in [0.2, 0.25) is 0 Å². The number of carboxylic acid groups (broad SMARTS) is 1. The van der Waals surface area contributed by atoms with Crippen LogP contribution >= 0.6 is 0 Å². The Hall–Kier alpha value is -1.51. The number of phenols is 1. The van der Waals surface area contributed by atoms with Crippen molar-refractivity contribution in [3.05, 3.63) is 29.3 Å². The lowest BCUT2D eigenvalue weighted by atomic mass is 9.95. The number of aliphatic carboxylic acids is 1. The van der Waals surface area contributed by atoms with Gasteiger partial charge in [0.1, 0.15) is 5.75 Å². The van der Waals surface area contributed by atoms with Crippen LogP contribution in [0.25, 0.3) is 0 Å². The van der Waals surface area contributed by atoms with Crippen molar-refractivity contribution in [2.45, 2.75) is 24.7 Å². The highest BCUT2D eigenvalue weighted by atomic mass is 16.4. The maximum Gasteiger partial charge on any atom is 0.307 e. The summed E-state index contributed by atoms with van der Waals surface area (Å²) in [6.45, 7) is 0. The molecule has 2 aliphatic carbocycles. The van der Waals surface area contributed by atoms with Gasteiger partial charge in [0.05, 0.1) is 5.92 Å². The van der Waals surface area contributed by atoms with Crippen LogP contribution in [0.4, 0.5) is 0 Å². The van der Waals surface area contributed by atoms with Crippen molar-refractivity contribution in [2.75, 3.05) is 0 Å². The Balaban J connectivity index is 2.06. The second kappa shape index (κ2) is 2.54. The Morgan fingerprint density at radius 1 is 1.47 bits per heavy atom. The molecule has 1 aromatic rings. The van der Waals surface area contributed by atoms with E-state index < -0.39 is 5.97 Å². The molecule has 0 saturated heterocycles. The number of hydrogen-bond acceptors (Lipinski definition) is 2. The van der Waals surface area contributed by atoms with Gasteiger partial charge in [0, 0.05) is 5.41 Å². The minimum Gasteiger partial charge on any atom is -0.508 e. The van der Waals surface area contributed by atoms with Gasteiger partial charge in [-0.2, -0.15) is 0 Å². The maximum atomic E-state index is 11.0. The van der Waals surface area contributed by atoms with Crippen molar-refractivity contribution in [2.24, 2.45) is 5.92 Å². The number of aromatic hydroxyl groups is 1. The van der Waals surface area contributed by atoms with E-state index in [0.29, 0.717) is 0 Å². The topological polar surface area (TPSA) is 57.5 Å². The first-order valence-corrected chi connectivity index (χ1v) is 5.19. The van der Waals surface area contributed by atoms with Gasteiger partial charge in [0.25, 0.3) is 0 Å². The highest BCUT2D eigenvalue weighted by Crippen LogP contribution is 2.61. The second-order valence-corrected chi connectivity index (χ2v) is 4.59. The average molecular weight is 204 g/mol. The molecule has 2 N–H and O–H groups in total. The second-order valence-electron chi connectivity index (χ2n) is 4.59. The Bertz CT molecular complexity index is 452. The quantitative estimate of drug-likeness (QED) is 0.731. The van der Waals surface area contributed by atoms with Crippen molar-refractivity contribution in [3.8, 4) is 5.75 Å².